The summed E-state index contributed by atoms with van der Waals surface area (Å²) in [7, 11) is 0. The van der Waals surface area contributed by atoms with E-state index < -0.39 is 12.0 Å². The van der Waals surface area contributed by atoms with Crippen LogP contribution < -0.4 is 0 Å². The molecule has 1 aromatic carbocycles. The summed E-state index contributed by atoms with van der Waals surface area (Å²) in [5.74, 6) is -1.16. The number of benzene rings is 1. The molecule has 0 saturated carbocycles. The van der Waals surface area contributed by atoms with Gasteiger partial charge in [0.1, 0.15) is 6.04 Å². The van der Waals surface area contributed by atoms with E-state index in [4.69, 9.17) is 0 Å². The average molecular weight is 299 g/mol. The molecule has 0 unspecified atom stereocenters. The summed E-state index contributed by atoms with van der Waals surface area (Å²) < 4.78 is 1.78. The predicted molar refractivity (Wildman–Crippen MR) is 80.0 cm³/mol. The second kappa shape index (κ2) is 5.63. The van der Waals surface area contributed by atoms with Crippen molar-refractivity contribution in [1.82, 2.24) is 14.7 Å². The molecule has 0 bridgehead atoms. The number of hydrogen-bond donors (Lipinski definition) is 1. The van der Waals surface area contributed by atoms with E-state index in [0.717, 1.165) is 17.8 Å². The number of likely N-dealkylation sites (tertiary alicyclic amines) is 1. The fraction of sp³-hybridized carbons (Fsp3) is 0.312. The van der Waals surface area contributed by atoms with Gasteiger partial charge in [0.2, 0.25) is 0 Å². The minimum absolute atomic E-state index is 0.228. The molecule has 6 nitrogen and oxygen atoms in total. The van der Waals surface area contributed by atoms with Crippen LogP contribution in [0.25, 0.3) is 5.69 Å². The molecule has 2 heterocycles. The number of hydrogen-bond acceptors (Lipinski definition) is 3. The highest BCUT2D eigenvalue weighted by molar-refractivity contribution is 5.97. The van der Waals surface area contributed by atoms with Crippen LogP contribution in [-0.2, 0) is 4.79 Å². The van der Waals surface area contributed by atoms with Crippen molar-refractivity contribution in [2.45, 2.75) is 25.8 Å². The van der Waals surface area contributed by atoms with Crippen LogP contribution in [0.3, 0.4) is 0 Å². The Morgan fingerprint density at radius 2 is 1.95 bits per heavy atom. The monoisotopic (exact) mass is 299 g/mol. The molecular weight excluding hydrogens is 282 g/mol. The van der Waals surface area contributed by atoms with Crippen LogP contribution in [0.15, 0.2) is 36.5 Å². The Morgan fingerprint density at radius 1 is 1.23 bits per heavy atom. The van der Waals surface area contributed by atoms with Gasteiger partial charge in [0.05, 0.1) is 5.69 Å². The number of rotatable bonds is 3. The van der Waals surface area contributed by atoms with Gasteiger partial charge < -0.3 is 10.0 Å². The smallest absolute Gasteiger partial charge is 0.326 e. The minimum Gasteiger partial charge on any atom is -0.480 e. The largest absolute Gasteiger partial charge is 0.480 e. The number of carbonyl (C=O) groups is 2. The predicted octanol–water partition coefficient (Wildman–Crippen LogP) is 1.87. The summed E-state index contributed by atoms with van der Waals surface area (Å²) in [5, 5.41) is 13.4. The van der Waals surface area contributed by atoms with Gasteiger partial charge in [-0.3, -0.25) is 4.79 Å². The molecule has 1 amide bonds. The van der Waals surface area contributed by atoms with E-state index in [9.17, 15) is 14.7 Å². The molecule has 0 spiro atoms. The summed E-state index contributed by atoms with van der Waals surface area (Å²) in [6.45, 7) is 2.45. The number of carboxylic acid groups (broad SMARTS) is 1. The highest BCUT2D eigenvalue weighted by Gasteiger charge is 2.34. The van der Waals surface area contributed by atoms with Gasteiger partial charge in [0.15, 0.2) is 0 Å². The molecule has 0 aliphatic carbocycles. The molecule has 3 rings (SSSR count). The molecular formula is C16H17N3O3. The normalized spacial score (nSPS) is 17.7. The van der Waals surface area contributed by atoms with Gasteiger partial charge in [0, 0.05) is 24.0 Å². The van der Waals surface area contributed by atoms with Crippen LogP contribution in [0.1, 0.15) is 28.9 Å². The summed E-state index contributed by atoms with van der Waals surface area (Å²) in [4.78, 5) is 25.1. The van der Waals surface area contributed by atoms with E-state index in [-0.39, 0.29) is 5.91 Å². The molecule has 6 heteroatoms. The van der Waals surface area contributed by atoms with Crippen molar-refractivity contribution in [2.24, 2.45) is 0 Å². The number of aryl methyl sites for hydroxylation is 1. The lowest BCUT2D eigenvalue weighted by Gasteiger charge is -2.21. The SMILES string of the molecule is Cc1ccnn1-c1ccc(C(=O)N2CCC[C@@H]2C(=O)O)cc1. The molecule has 1 aliphatic rings. The number of carboxylic acids is 1. The molecule has 1 fully saturated rings. The van der Waals surface area contributed by atoms with E-state index in [2.05, 4.69) is 5.10 Å². The molecule has 1 aliphatic heterocycles. The van der Waals surface area contributed by atoms with Crippen molar-refractivity contribution < 1.29 is 14.7 Å². The van der Waals surface area contributed by atoms with Gasteiger partial charge >= 0.3 is 5.97 Å². The summed E-state index contributed by atoms with van der Waals surface area (Å²) >= 11 is 0. The van der Waals surface area contributed by atoms with Crippen LogP contribution in [0.4, 0.5) is 0 Å². The highest BCUT2D eigenvalue weighted by Crippen LogP contribution is 2.21. The quantitative estimate of drug-likeness (QED) is 0.938. The van der Waals surface area contributed by atoms with E-state index in [1.165, 1.54) is 4.90 Å². The zero-order valence-electron chi connectivity index (χ0n) is 12.3. The van der Waals surface area contributed by atoms with Gasteiger partial charge in [-0.2, -0.15) is 5.10 Å². The van der Waals surface area contributed by atoms with Crippen LogP contribution in [0.2, 0.25) is 0 Å². The first-order valence-electron chi connectivity index (χ1n) is 7.23. The van der Waals surface area contributed by atoms with Crippen molar-refractivity contribution in [3.63, 3.8) is 0 Å². The molecule has 114 valence electrons. The van der Waals surface area contributed by atoms with Gasteiger partial charge in [-0.15, -0.1) is 0 Å². The van der Waals surface area contributed by atoms with Crippen molar-refractivity contribution >= 4 is 11.9 Å². The fourth-order valence-corrected chi connectivity index (χ4v) is 2.82. The topological polar surface area (TPSA) is 75.4 Å². The first-order valence-corrected chi connectivity index (χ1v) is 7.23. The Bertz CT molecular complexity index is 706. The number of amides is 1. The Labute approximate surface area is 128 Å². The molecule has 1 aromatic heterocycles. The maximum absolute atomic E-state index is 12.5. The van der Waals surface area contributed by atoms with E-state index >= 15 is 0 Å². The number of aliphatic carboxylic acids is 1. The standard InChI is InChI=1S/C16H17N3O3/c1-11-8-9-17-19(11)13-6-4-12(5-7-13)15(20)18-10-2-3-14(18)16(21)22/h4-9,14H,2-3,10H2,1H3,(H,21,22)/t14-/m1/s1. The van der Waals surface area contributed by atoms with Crippen LogP contribution in [0, 0.1) is 6.92 Å². The molecule has 0 radical (unpaired) electrons. The molecule has 2 aromatic rings. The Hall–Kier alpha value is -2.63. The minimum atomic E-state index is -0.936. The third kappa shape index (κ3) is 2.47. The Morgan fingerprint density at radius 3 is 2.55 bits per heavy atom. The zero-order chi connectivity index (χ0) is 15.7. The van der Waals surface area contributed by atoms with Crippen molar-refractivity contribution in [3.8, 4) is 5.69 Å². The molecule has 1 saturated heterocycles. The van der Waals surface area contributed by atoms with Gasteiger partial charge in [0.25, 0.3) is 5.91 Å². The van der Waals surface area contributed by atoms with Crippen LogP contribution >= 0.6 is 0 Å². The second-order valence-electron chi connectivity index (χ2n) is 5.43. The lowest BCUT2D eigenvalue weighted by Crippen LogP contribution is -2.40. The van der Waals surface area contributed by atoms with Crippen LogP contribution in [0.5, 0.6) is 0 Å². The summed E-state index contributed by atoms with van der Waals surface area (Å²) in [6, 6.07) is 8.27. The maximum atomic E-state index is 12.5. The van der Waals surface area contributed by atoms with E-state index in [0.29, 0.717) is 18.5 Å². The maximum Gasteiger partial charge on any atom is 0.326 e. The summed E-state index contributed by atoms with van der Waals surface area (Å²) in [5.41, 5.74) is 2.38. The first-order chi connectivity index (χ1) is 10.6. The van der Waals surface area contributed by atoms with E-state index in [1.54, 1.807) is 23.0 Å². The second-order valence-corrected chi connectivity index (χ2v) is 5.43. The van der Waals surface area contributed by atoms with Crippen molar-refractivity contribution in [2.75, 3.05) is 6.54 Å². The van der Waals surface area contributed by atoms with Crippen molar-refractivity contribution in [3.05, 3.63) is 47.8 Å². The van der Waals surface area contributed by atoms with Gasteiger partial charge in [-0.1, -0.05) is 0 Å². The third-order valence-corrected chi connectivity index (χ3v) is 3.99. The first kappa shape index (κ1) is 14.3. The Kier molecular flexibility index (Phi) is 3.66. The number of aromatic nitrogens is 2. The average Bonchev–Trinajstić information content (AvgIpc) is 3.15. The molecule has 1 N–H and O–H groups in total. The van der Waals surface area contributed by atoms with Gasteiger partial charge in [-0.25, -0.2) is 9.48 Å². The van der Waals surface area contributed by atoms with Crippen LogP contribution in [-0.4, -0.2) is 44.3 Å². The molecule has 1 atom stereocenters. The Balaban J connectivity index is 1.82. The highest BCUT2D eigenvalue weighted by atomic mass is 16.4. The number of carbonyl (C=O) groups excluding carboxylic acids is 1. The van der Waals surface area contributed by atoms with Gasteiger partial charge in [-0.05, 0) is 50.1 Å². The third-order valence-electron chi connectivity index (χ3n) is 3.99. The zero-order valence-corrected chi connectivity index (χ0v) is 12.3. The summed E-state index contributed by atoms with van der Waals surface area (Å²) in [6.07, 6.45) is 2.97. The number of nitrogens with zero attached hydrogens (tertiary/aromatic N) is 3. The lowest BCUT2D eigenvalue weighted by molar-refractivity contribution is -0.141. The fourth-order valence-electron chi connectivity index (χ4n) is 2.82. The van der Waals surface area contributed by atoms with Crippen molar-refractivity contribution in [1.29, 1.82) is 0 Å². The van der Waals surface area contributed by atoms with E-state index in [1.807, 2.05) is 25.1 Å². The lowest BCUT2D eigenvalue weighted by atomic mass is 10.1. The molecule has 22 heavy (non-hydrogen) atoms.